The maximum atomic E-state index is 12.1. The molecule has 1 unspecified atom stereocenters. The first kappa shape index (κ1) is 24.2. The molecule has 1 atom stereocenters. The molecule has 0 fully saturated rings. The number of carbonyl (C=O) groups is 2. The van der Waals surface area contributed by atoms with Gasteiger partial charge in [0.15, 0.2) is 6.10 Å². The molecule has 3 aromatic rings. The van der Waals surface area contributed by atoms with E-state index in [9.17, 15) is 14.4 Å². The van der Waals surface area contributed by atoms with E-state index in [4.69, 9.17) is 14.6 Å². The first-order valence-electron chi connectivity index (χ1n) is 10.6. The topological polar surface area (TPSA) is 119 Å². The van der Waals surface area contributed by atoms with Crippen molar-refractivity contribution in [2.24, 2.45) is 0 Å². The molecule has 0 amide bonds. The number of benzene rings is 1. The van der Waals surface area contributed by atoms with Crippen molar-refractivity contribution in [3.05, 3.63) is 79.7 Å². The summed E-state index contributed by atoms with van der Waals surface area (Å²) in [7, 11) is 0. The van der Waals surface area contributed by atoms with Gasteiger partial charge < -0.3 is 19.6 Å². The fourth-order valence-corrected chi connectivity index (χ4v) is 3.98. The minimum Gasteiger partial charge on any atom is -0.489 e. The van der Waals surface area contributed by atoms with Crippen molar-refractivity contribution >= 4 is 23.3 Å². The number of esters is 1. The highest BCUT2D eigenvalue weighted by atomic mass is 32.1. The third kappa shape index (κ3) is 7.28. The van der Waals surface area contributed by atoms with Gasteiger partial charge in [0.25, 0.3) is 0 Å². The zero-order chi connectivity index (χ0) is 23.8. The van der Waals surface area contributed by atoms with Crippen molar-refractivity contribution in [3.63, 3.8) is 0 Å². The first-order chi connectivity index (χ1) is 15.8. The molecule has 3 rings (SSSR count). The molecule has 9 heteroatoms. The van der Waals surface area contributed by atoms with E-state index in [1.165, 1.54) is 11.3 Å². The maximum absolute atomic E-state index is 12.1. The number of nitrogens with zero attached hydrogens (tertiary/aromatic N) is 1. The van der Waals surface area contributed by atoms with Crippen LogP contribution in [0.4, 0.5) is 0 Å². The lowest BCUT2D eigenvalue weighted by molar-refractivity contribution is -0.153. The summed E-state index contributed by atoms with van der Waals surface area (Å²) in [5, 5.41) is 8.79. The zero-order valence-electron chi connectivity index (χ0n) is 18.5. The van der Waals surface area contributed by atoms with Gasteiger partial charge in [-0.05, 0) is 42.7 Å². The van der Waals surface area contributed by atoms with Gasteiger partial charge in [-0.15, -0.1) is 0 Å². The van der Waals surface area contributed by atoms with Gasteiger partial charge in [0.2, 0.25) is 0 Å². The van der Waals surface area contributed by atoms with Crippen LogP contribution in [-0.2, 0) is 27.2 Å². The number of aromatic nitrogens is 2. The minimum atomic E-state index is -1.06. The largest absolute Gasteiger partial charge is 0.489 e. The number of thiazole rings is 1. The summed E-state index contributed by atoms with van der Waals surface area (Å²) in [6, 6.07) is 11.2. The van der Waals surface area contributed by atoms with Crippen LogP contribution in [0.1, 0.15) is 53.3 Å². The van der Waals surface area contributed by atoms with Gasteiger partial charge in [-0.3, -0.25) is 19.4 Å². The number of aromatic amines is 1. The number of carboxylic acids is 1. The van der Waals surface area contributed by atoms with Gasteiger partial charge in [0.05, 0.1) is 18.5 Å². The number of carboxylic acid groups (broad SMARTS) is 1. The van der Waals surface area contributed by atoms with Crippen LogP contribution < -0.4 is 9.61 Å². The Bertz CT molecular complexity index is 1140. The van der Waals surface area contributed by atoms with E-state index in [2.05, 4.69) is 9.97 Å². The molecule has 0 saturated heterocycles. The fourth-order valence-electron chi connectivity index (χ4n) is 3.11. The quantitative estimate of drug-likeness (QED) is 0.409. The lowest BCUT2D eigenvalue weighted by Gasteiger charge is -2.18. The van der Waals surface area contributed by atoms with Crippen LogP contribution in [0.2, 0.25) is 0 Å². The molecule has 0 saturated carbocycles. The Morgan fingerprint density at radius 1 is 1.12 bits per heavy atom. The van der Waals surface area contributed by atoms with Crippen molar-refractivity contribution in [2.75, 3.05) is 6.61 Å². The highest BCUT2D eigenvalue weighted by Gasteiger charge is 2.20. The van der Waals surface area contributed by atoms with E-state index in [0.29, 0.717) is 17.9 Å². The number of aliphatic carboxylic acids is 1. The Labute approximate surface area is 195 Å². The number of H-pyrrole nitrogens is 1. The lowest BCUT2D eigenvalue weighted by atomic mass is 10.1. The Morgan fingerprint density at radius 3 is 2.42 bits per heavy atom. The van der Waals surface area contributed by atoms with Crippen molar-refractivity contribution in [1.82, 2.24) is 9.97 Å². The number of hydrogen-bond acceptors (Lipinski definition) is 7. The van der Waals surface area contributed by atoms with Crippen molar-refractivity contribution in [1.29, 1.82) is 0 Å². The van der Waals surface area contributed by atoms with Gasteiger partial charge in [0, 0.05) is 23.2 Å². The van der Waals surface area contributed by atoms with Crippen LogP contribution in [0.25, 0.3) is 0 Å². The Balaban J connectivity index is 1.65. The first-order valence-corrected chi connectivity index (χ1v) is 11.4. The van der Waals surface area contributed by atoms with E-state index in [-0.39, 0.29) is 24.3 Å². The molecule has 0 aliphatic carbocycles. The standard InChI is InChI=1S/C24H26N2O6S/c1-3-16-6-9-19(25-13-16)20(32-23(29)11-10-22(27)28)14-31-18-7-4-17(5-8-18)12-21-15(2)26-24(30)33-21/h4-9,13,20H,3,10-12,14H2,1-2H3,(H,26,30)(H,27,28). The normalized spacial score (nSPS) is 11.7. The van der Waals surface area contributed by atoms with E-state index in [0.717, 1.165) is 28.1 Å². The SMILES string of the molecule is CCc1ccc(C(COc2ccc(Cc3sc(=O)[nH]c3C)cc2)OC(=O)CCC(=O)O)nc1. The summed E-state index contributed by atoms with van der Waals surface area (Å²) in [6.45, 7) is 3.93. The van der Waals surface area contributed by atoms with Crippen LogP contribution in [0, 0.1) is 6.92 Å². The maximum Gasteiger partial charge on any atom is 0.307 e. The fraction of sp³-hybridized carbons (Fsp3) is 0.333. The number of pyridine rings is 1. The van der Waals surface area contributed by atoms with Gasteiger partial charge in [-0.1, -0.05) is 36.5 Å². The summed E-state index contributed by atoms with van der Waals surface area (Å²) in [4.78, 5) is 42.4. The summed E-state index contributed by atoms with van der Waals surface area (Å²) in [5.74, 6) is -1.09. The molecule has 0 aliphatic rings. The second-order valence-corrected chi connectivity index (χ2v) is 8.58. The molecule has 0 bridgehead atoms. The number of rotatable bonds is 11. The van der Waals surface area contributed by atoms with Gasteiger partial charge >= 0.3 is 16.8 Å². The smallest absolute Gasteiger partial charge is 0.307 e. The zero-order valence-corrected chi connectivity index (χ0v) is 19.3. The molecule has 1 aromatic carbocycles. The molecule has 0 radical (unpaired) electrons. The minimum absolute atomic E-state index is 0.0369. The molecule has 2 heterocycles. The van der Waals surface area contributed by atoms with E-state index < -0.39 is 18.0 Å². The number of aryl methyl sites for hydroxylation is 2. The van der Waals surface area contributed by atoms with Gasteiger partial charge in [-0.25, -0.2) is 0 Å². The van der Waals surface area contributed by atoms with Crippen LogP contribution in [0.3, 0.4) is 0 Å². The predicted octanol–water partition coefficient (Wildman–Crippen LogP) is 3.82. The molecule has 174 valence electrons. The lowest BCUT2D eigenvalue weighted by Crippen LogP contribution is -2.19. The van der Waals surface area contributed by atoms with Gasteiger partial charge in [-0.2, -0.15) is 0 Å². The second kappa shape index (κ2) is 11.4. The molecule has 2 N–H and O–H groups in total. The summed E-state index contributed by atoms with van der Waals surface area (Å²) in [6.07, 6.45) is 1.91. The van der Waals surface area contributed by atoms with Gasteiger partial charge in [0.1, 0.15) is 12.4 Å². The second-order valence-electron chi connectivity index (χ2n) is 7.51. The highest BCUT2D eigenvalue weighted by molar-refractivity contribution is 7.09. The monoisotopic (exact) mass is 470 g/mol. The van der Waals surface area contributed by atoms with E-state index >= 15 is 0 Å². The van der Waals surface area contributed by atoms with Crippen LogP contribution in [0.15, 0.2) is 47.4 Å². The predicted molar refractivity (Wildman–Crippen MR) is 124 cm³/mol. The third-order valence-corrected chi connectivity index (χ3v) is 6.00. The van der Waals surface area contributed by atoms with Crippen LogP contribution in [0.5, 0.6) is 5.75 Å². The molecular weight excluding hydrogens is 444 g/mol. The molecule has 0 spiro atoms. The van der Waals surface area contributed by atoms with Crippen molar-refractivity contribution in [3.8, 4) is 5.75 Å². The molecule has 33 heavy (non-hydrogen) atoms. The molecule has 8 nitrogen and oxygen atoms in total. The summed E-state index contributed by atoms with van der Waals surface area (Å²) >= 11 is 1.20. The van der Waals surface area contributed by atoms with Crippen LogP contribution in [-0.4, -0.2) is 33.6 Å². The Morgan fingerprint density at radius 2 is 1.85 bits per heavy atom. The molecule has 0 aliphatic heterocycles. The third-order valence-electron chi connectivity index (χ3n) is 5.02. The van der Waals surface area contributed by atoms with Crippen molar-refractivity contribution < 1.29 is 24.2 Å². The molecular formula is C24H26N2O6S. The number of nitrogens with one attached hydrogen (secondary N) is 1. The van der Waals surface area contributed by atoms with Crippen LogP contribution >= 0.6 is 11.3 Å². The number of hydrogen-bond donors (Lipinski definition) is 2. The van der Waals surface area contributed by atoms with E-state index in [1.54, 1.807) is 12.3 Å². The Hall–Kier alpha value is -3.46. The highest BCUT2D eigenvalue weighted by Crippen LogP contribution is 2.22. The van der Waals surface area contributed by atoms with Crippen molar-refractivity contribution in [2.45, 2.75) is 45.6 Å². The van der Waals surface area contributed by atoms with E-state index in [1.807, 2.05) is 44.2 Å². The average molecular weight is 471 g/mol. The average Bonchev–Trinajstić information content (AvgIpc) is 3.12. The molecule has 2 aromatic heterocycles. The Kier molecular flexibility index (Phi) is 8.37. The number of carbonyl (C=O) groups excluding carboxylic acids is 1. The summed E-state index contributed by atoms with van der Waals surface area (Å²) < 4.78 is 11.3. The number of ether oxygens (including phenoxy) is 2. The summed E-state index contributed by atoms with van der Waals surface area (Å²) in [5.41, 5.74) is 3.49.